The molecule has 1 aromatic carbocycles. The number of rotatable bonds is 8. The fraction of sp³-hybridized carbons (Fsp3) is 0.500. The predicted octanol–water partition coefficient (Wildman–Crippen LogP) is 5.14. The van der Waals surface area contributed by atoms with E-state index in [0.717, 1.165) is 29.7 Å². The van der Waals surface area contributed by atoms with E-state index in [1.165, 1.54) is 0 Å². The Kier molecular flexibility index (Phi) is 6.78. The van der Waals surface area contributed by atoms with Gasteiger partial charge in [-0.2, -0.15) is 5.26 Å². The Morgan fingerprint density at radius 2 is 2.00 bits per heavy atom. The number of nitrogens with zero attached hydrogens (tertiary/aromatic N) is 1. The molecule has 0 fully saturated rings. The molecule has 1 atom stereocenters. The lowest BCUT2D eigenvalue weighted by Gasteiger charge is -2.21. The summed E-state index contributed by atoms with van der Waals surface area (Å²) in [6.45, 7) is 10.5. The van der Waals surface area contributed by atoms with Crippen molar-refractivity contribution in [3.05, 3.63) is 47.7 Å². The van der Waals surface area contributed by atoms with E-state index in [-0.39, 0.29) is 5.92 Å². The first kappa shape index (κ1) is 17.6. The van der Waals surface area contributed by atoms with Crippen LogP contribution in [0.25, 0.3) is 0 Å². The molecule has 0 N–H and O–H groups in total. The highest BCUT2D eigenvalue weighted by Crippen LogP contribution is 2.31. The summed E-state index contributed by atoms with van der Waals surface area (Å²) in [5.74, 6) is 1.58. The van der Waals surface area contributed by atoms with Crippen molar-refractivity contribution in [1.82, 2.24) is 0 Å². The van der Waals surface area contributed by atoms with Crippen LogP contribution in [0.2, 0.25) is 0 Å². The summed E-state index contributed by atoms with van der Waals surface area (Å²) in [7, 11) is 0. The number of hydrogen-bond acceptors (Lipinski definition) is 2. The zero-order chi connectivity index (χ0) is 15.9. The maximum Gasteiger partial charge on any atom is 0.0962 e. The van der Waals surface area contributed by atoms with Gasteiger partial charge in [-0.05, 0) is 44.7 Å². The monoisotopic (exact) mass is 305 g/mol. The average Bonchev–Trinajstić information content (AvgIpc) is 2.48. The van der Waals surface area contributed by atoms with Gasteiger partial charge >= 0.3 is 0 Å². The molecular weight excluding hydrogens is 282 g/mol. The van der Waals surface area contributed by atoms with Crippen molar-refractivity contribution in [2.45, 2.75) is 44.9 Å². The molecule has 0 spiro atoms. The molecule has 2 nitrogen and oxygen atoms in total. The van der Waals surface area contributed by atoms with E-state index in [1.807, 2.05) is 32.9 Å². The number of allylic oxidation sites excluding steroid dienone is 1. The van der Waals surface area contributed by atoms with Crippen molar-refractivity contribution >= 4 is 11.6 Å². The molecule has 0 bridgehead atoms. The van der Waals surface area contributed by atoms with Gasteiger partial charge in [-0.25, -0.2) is 0 Å². The van der Waals surface area contributed by atoms with Gasteiger partial charge in [0, 0.05) is 11.8 Å². The van der Waals surface area contributed by atoms with Crippen LogP contribution in [0.15, 0.2) is 36.6 Å². The number of halogens is 1. The number of alkyl halides is 1. The van der Waals surface area contributed by atoms with Crippen molar-refractivity contribution < 1.29 is 4.74 Å². The highest BCUT2D eigenvalue weighted by Gasteiger charge is 2.21. The standard InChI is InChI=1S/C18H24ClNO/c1-5-21-14(2)17(7-6-12-19)15-8-10-16(11-9-15)18(3,4)13-20/h8-11,17H,2,5-7,12H2,1,3-4H3. The molecule has 0 saturated carbocycles. The highest BCUT2D eigenvalue weighted by molar-refractivity contribution is 6.17. The third-order valence-corrected chi connectivity index (χ3v) is 3.93. The Labute approximate surface area is 133 Å². The molecule has 0 aromatic heterocycles. The van der Waals surface area contributed by atoms with Crippen molar-refractivity contribution in [2.75, 3.05) is 12.5 Å². The lowest BCUT2D eigenvalue weighted by Crippen LogP contribution is -2.14. The van der Waals surface area contributed by atoms with Gasteiger partial charge < -0.3 is 4.74 Å². The Hall–Kier alpha value is -1.46. The number of hydrogen-bond donors (Lipinski definition) is 0. The molecular formula is C18H24ClNO. The van der Waals surface area contributed by atoms with Crippen LogP contribution in [0.4, 0.5) is 0 Å². The molecule has 0 aliphatic heterocycles. The average molecular weight is 306 g/mol. The minimum Gasteiger partial charge on any atom is -0.498 e. The predicted molar refractivity (Wildman–Crippen MR) is 88.5 cm³/mol. The van der Waals surface area contributed by atoms with Gasteiger partial charge in [-0.3, -0.25) is 0 Å². The lowest BCUT2D eigenvalue weighted by molar-refractivity contribution is 0.207. The fourth-order valence-electron chi connectivity index (χ4n) is 2.28. The first-order valence-electron chi connectivity index (χ1n) is 7.35. The smallest absolute Gasteiger partial charge is 0.0962 e. The van der Waals surface area contributed by atoms with Crippen molar-refractivity contribution in [2.24, 2.45) is 0 Å². The topological polar surface area (TPSA) is 33.0 Å². The molecule has 3 heteroatoms. The second-order valence-corrected chi connectivity index (χ2v) is 6.02. The molecule has 0 radical (unpaired) electrons. The minimum absolute atomic E-state index is 0.156. The van der Waals surface area contributed by atoms with Crippen LogP contribution in [-0.2, 0) is 10.2 Å². The third-order valence-electron chi connectivity index (χ3n) is 3.66. The summed E-state index contributed by atoms with van der Waals surface area (Å²) in [5.41, 5.74) is 1.71. The maximum absolute atomic E-state index is 9.20. The van der Waals surface area contributed by atoms with Gasteiger partial charge in [0.25, 0.3) is 0 Å². The first-order valence-corrected chi connectivity index (χ1v) is 7.89. The molecule has 21 heavy (non-hydrogen) atoms. The van der Waals surface area contributed by atoms with E-state index in [1.54, 1.807) is 0 Å². The Morgan fingerprint density at radius 1 is 1.38 bits per heavy atom. The van der Waals surface area contributed by atoms with Crippen LogP contribution in [0.3, 0.4) is 0 Å². The van der Waals surface area contributed by atoms with Gasteiger partial charge in [0.1, 0.15) is 0 Å². The van der Waals surface area contributed by atoms with Crippen LogP contribution in [0, 0.1) is 11.3 Å². The largest absolute Gasteiger partial charge is 0.498 e. The van der Waals surface area contributed by atoms with Crippen LogP contribution in [0.1, 0.15) is 50.7 Å². The van der Waals surface area contributed by atoms with Gasteiger partial charge in [-0.15, -0.1) is 11.6 Å². The molecule has 0 amide bonds. The van der Waals surface area contributed by atoms with Crippen molar-refractivity contribution in [1.29, 1.82) is 5.26 Å². The highest BCUT2D eigenvalue weighted by atomic mass is 35.5. The third kappa shape index (κ3) is 4.79. The summed E-state index contributed by atoms with van der Waals surface area (Å²) >= 11 is 5.81. The van der Waals surface area contributed by atoms with E-state index >= 15 is 0 Å². The summed E-state index contributed by atoms with van der Waals surface area (Å²) in [6.07, 6.45) is 1.84. The number of benzene rings is 1. The lowest BCUT2D eigenvalue weighted by atomic mass is 9.84. The van der Waals surface area contributed by atoms with E-state index in [0.29, 0.717) is 12.5 Å². The number of ether oxygens (including phenoxy) is 1. The fourth-order valence-corrected chi connectivity index (χ4v) is 2.43. The summed E-state index contributed by atoms with van der Waals surface area (Å²) in [4.78, 5) is 0. The van der Waals surface area contributed by atoms with Crippen LogP contribution >= 0.6 is 11.6 Å². The quantitative estimate of drug-likeness (QED) is 0.492. The Morgan fingerprint density at radius 3 is 2.48 bits per heavy atom. The minimum atomic E-state index is -0.471. The molecule has 1 aromatic rings. The van der Waals surface area contributed by atoms with Crippen molar-refractivity contribution in [3.8, 4) is 6.07 Å². The zero-order valence-electron chi connectivity index (χ0n) is 13.2. The van der Waals surface area contributed by atoms with Crippen LogP contribution < -0.4 is 0 Å². The van der Waals surface area contributed by atoms with Gasteiger partial charge in [0.05, 0.1) is 23.9 Å². The van der Waals surface area contributed by atoms with E-state index in [4.69, 9.17) is 16.3 Å². The normalized spacial score (nSPS) is 12.5. The summed E-state index contributed by atoms with van der Waals surface area (Å²) < 4.78 is 5.58. The van der Waals surface area contributed by atoms with Gasteiger partial charge in [0.15, 0.2) is 0 Å². The summed E-state index contributed by atoms with van der Waals surface area (Å²) in [5, 5.41) is 9.20. The molecule has 114 valence electrons. The van der Waals surface area contributed by atoms with E-state index < -0.39 is 5.41 Å². The second kappa shape index (κ2) is 8.10. The molecule has 0 heterocycles. The Bertz CT molecular complexity index is 499. The SMILES string of the molecule is C=C(OCC)C(CCCCl)c1ccc(C(C)(C)C#N)cc1. The number of nitriles is 1. The van der Waals surface area contributed by atoms with Gasteiger partial charge in [0.2, 0.25) is 0 Å². The van der Waals surface area contributed by atoms with E-state index in [9.17, 15) is 5.26 Å². The summed E-state index contributed by atoms with van der Waals surface area (Å²) in [6, 6.07) is 10.5. The molecule has 0 aliphatic rings. The molecule has 0 aliphatic carbocycles. The molecule has 0 saturated heterocycles. The Balaban J connectivity index is 2.98. The molecule has 1 unspecified atom stereocenters. The maximum atomic E-state index is 9.20. The van der Waals surface area contributed by atoms with Crippen LogP contribution in [0.5, 0.6) is 0 Å². The van der Waals surface area contributed by atoms with E-state index in [2.05, 4.69) is 24.8 Å². The first-order chi connectivity index (χ1) is 9.96. The second-order valence-electron chi connectivity index (χ2n) is 5.64. The van der Waals surface area contributed by atoms with Crippen molar-refractivity contribution in [3.63, 3.8) is 0 Å². The van der Waals surface area contributed by atoms with Crippen LogP contribution in [-0.4, -0.2) is 12.5 Å². The zero-order valence-corrected chi connectivity index (χ0v) is 13.9. The molecule has 1 rings (SSSR count). The van der Waals surface area contributed by atoms with Gasteiger partial charge in [-0.1, -0.05) is 30.8 Å².